The molecule has 16 heavy (non-hydrogen) atoms. The first-order valence-electron chi connectivity index (χ1n) is 4.84. The first kappa shape index (κ1) is 10.3. The third kappa shape index (κ3) is 1.77. The van der Waals surface area contributed by atoms with Gasteiger partial charge in [0.1, 0.15) is 0 Å². The maximum absolute atomic E-state index is 11.3. The van der Waals surface area contributed by atoms with Gasteiger partial charge in [-0.1, -0.05) is 18.2 Å². The maximum atomic E-state index is 11.3. The van der Waals surface area contributed by atoms with Gasteiger partial charge in [0.25, 0.3) is 0 Å². The van der Waals surface area contributed by atoms with Crippen molar-refractivity contribution in [2.75, 3.05) is 0 Å². The zero-order valence-corrected chi connectivity index (χ0v) is 8.75. The molecule has 0 unspecified atom stereocenters. The Labute approximate surface area is 92.2 Å². The first-order valence-corrected chi connectivity index (χ1v) is 4.84. The standard InChI is InChI=1S/C12H10N2O2/c1-9-7-12(16)11(8-15)13-14(9)10-5-3-2-4-6-10/h2-8H,1H3. The fourth-order valence-corrected chi connectivity index (χ4v) is 1.47. The lowest BCUT2D eigenvalue weighted by Gasteiger charge is -2.08. The van der Waals surface area contributed by atoms with Gasteiger partial charge in [0.05, 0.1) is 5.69 Å². The summed E-state index contributed by atoms with van der Waals surface area (Å²) >= 11 is 0. The molecule has 0 aliphatic heterocycles. The van der Waals surface area contributed by atoms with Crippen molar-refractivity contribution < 1.29 is 4.79 Å². The van der Waals surface area contributed by atoms with E-state index in [2.05, 4.69) is 5.10 Å². The SMILES string of the molecule is Cc1cc(=O)c(C=O)nn1-c1ccccc1. The van der Waals surface area contributed by atoms with Crippen LogP contribution < -0.4 is 5.43 Å². The molecule has 0 atom stereocenters. The van der Waals surface area contributed by atoms with Gasteiger partial charge in [-0.3, -0.25) is 9.59 Å². The van der Waals surface area contributed by atoms with Crippen LogP contribution in [-0.2, 0) is 0 Å². The molecule has 2 aromatic rings. The van der Waals surface area contributed by atoms with Crippen LogP contribution in [0.5, 0.6) is 0 Å². The molecule has 0 amide bonds. The number of rotatable bonds is 2. The predicted octanol–water partition coefficient (Wildman–Crippen LogP) is 1.35. The fraction of sp³-hybridized carbons (Fsp3) is 0.0833. The average molecular weight is 214 g/mol. The monoisotopic (exact) mass is 214 g/mol. The highest BCUT2D eigenvalue weighted by atomic mass is 16.1. The van der Waals surface area contributed by atoms with Gasteiger partial charge in [0.15, 0.2) is 12.0 Å². The quantitative estimate of drug-likeness (QED) is 0.709. The van der Waals surface area contributed by atoms with Crippen LogP contribution in [0, 0.1) is 6.92 Å². The van der Waals surface area contributed by atoms with Crippen molar-refractivity contribution in [1.82, 2.24) is 9.78 Å². The third-order valence-corrected chi connectivity index (χ3v) is 2.25. The molecule has 80 valence electrons. The number of aldehydes is 1. The fourth-order valence-electron chi connectivity index (χ4n) is 1.47. The summed E-state index contributed by atoms with van der Waals surface area (Å²) in [6, 6.07) is 10.8. The minimum atomic E-state index is -0.348. The zero-order chi connectivity index (χ0) is 11.5. The van der Waals surface area contributed by atoms with Gasteiger partial charge < -0.3 is 0 Å². The molecule has 0 saturated carbocycles. The number of nitrogens with zero attached hydrogens (tertiary/aromatic N) is 2. The van der Waals surface area contributed by atoms with E-state index in [-0.39, 0.29) is 11.1 Å². The van der Waals surface area contributed by atoms with Gasteiger partial charge in [-0.25, -0.2) is 4.68 Å². The molecule has 1 heterocycles. The molecule has 0 radical (unpaired) electrons. The number of aromatic nitrogens is 2. The second kappa shape index (κ2) is 4.10. The molecule has 0 aliphatic rings. The van der Waals surface area contributed by atoms with Crippen LogP contribution in [0.2, 0.25) is 0 Å². The van der Waals surface area contributed by atoms with Crippen molar-refractivity contribution in [2.24, 2.45) is 0 Å². The summed E-state index contributed by atoms with van der Waals surface area (Å²) in [4.78, 5) is 22.0. The molecule has 1 aromatic heterocycles. The lowest BCUT2D eigenvalue weighted by atomic mass is 10.3. The smallest absolute Gasteiger partial charge is 0.211 e. The van der Waals surface area contributed by atoms with Crippen molar-refractivity contribution in [2.45, 2.75) is 6.92 Å². The summed E-state index contributed by atoms with van der Waals surface area (Å²) in [6.07, 6.45) is 0.473. The summed E-state index contributed by atoms with van der Waals surface area (Å²) in [7, 11) is 0. The molecule has 4 heteroatoms. The van der Waals surface area contributed by atoms with Crippen LogP contribution in [0.15, 0.2) is 41.2 Å². The Kier molecular flexibility index (Phi) is 2.64. The second-order valence-corrected chi connectivity index (χ2v) is 3.40. The van der Waals surface area contributed by atoms with E-state index >= 15 is 0 Å². The van der Waals surface area contributed by atoms with E-state index in [0.29, 0.717) is 12.0 Å². The molecule has 2 rings (SSSR count). The lowest BCUT2D eigenvalue weighted by Crippen LogP contribution is -2.18. The zero-order valence-electron chi connectivity index (χ0n) is 8.75. The Bertz CT molecular complexity index is 573. The number of hydrogen-bond acceptors (Lipinski definition) is 3. The normalized spacial score (nSPS) is 10.1. The topological polar surface area (TPSA) is 52.0 Å². The minimum absolute atomic E-state index is 0.0746. The van der Waals surface area contributed by atoms with Crippen LogP contribution in [0.4, 0.5) is 0 Å². The molecule has 1 aromatic carbocycles. The van der Waals surface area contributed by atoms with Crippen LogP contribution in [-0.4, -0.2) is 16.1 Å². The van der Waals surface area contributed by atoms with Crippen LogP contribution in [0.3, 0.4) is 0 Å². The largest absolute Gasteiger partial charge is 0.296 e. The van der Waals surface area contributed by atoms with E-state index in [1.54, 1.807) is 11.6 Å². The van der Waals surface area contributed by atoms with Gasteiger partial charge in [-0.15, -0.1) is 0 Å². The first-order chi connectivity index (χ1) is 7.72. The number of carbonyl (C=O) groups excluding carboxylic acids is 1. The number of benzene rings is 1. The second-order valence-electron chi connectivity index (χ2n) is 3.40. The van der Waals surface area contributed by atoms with Crippen LogP contribution in [0.1, 0.15) is 16.2 Å². The molecule has 0 saturated heterocycles. The highest BCUT2D eigenvalue weighted by molar-refractivity contribution is 5.71. The van der Waals surface area contributed by atoms with E-state index < -0.39 is 0 Å². The molecule has 0 bridgehead atoms. The lowest BCUT2D eigenvalue weighted by molar-refractivity contribution is 0.111. The van der Waals surface area contributed by atoms with Crippen molar-refractivity contribution in [3.63, 3.8) is 0 Å². The number of para-hydroxylation sites is 1. The maximum Gasteiger partial charge on any atom is 0.211 e. The predicted molar refractivity (Wildman–Crippen MR) is 60.0 cm³/mol. The minimum Gasteiger partial charge on any atom is -0.296 e. The number of carbonyl (C=O) groups is 1. The van der Waals surface area contributed by atoms with E-state index in [9.17, 15) is 9.59 Å². The number of hydrogen-bond donors (Lipinski definition) is 0. The van der Waals surface area contributed by atoms with E-state index in [0.717, 1.165) is 5.69 Å². The van der Waals surface area contributed by atoms with Gasteiger partial charge in [0.2, 0.25) is 5.43 Å². The molecule has 0 fully saturated rings. The highest BCUT2D eigenvalue weighted by Crippen LogP contribution is 2.07. The Morgan fingerprint density at radius 2 is 1.94 bits per heavy atom. The molecule has 0 N–H and O–H groups in total. The Hall–Kier alpha value is -2.23. The Morgan fingerprint density at radius 1 is 1.25 bits per heavy atom. The van der Waals surface area contributed by atoms with Crippen molar-refractivity contribution in [3.8, 4) is 5.69 Å². The summed E-state index contributed by atoms with van der Waals surface area (Å²) in [6.45, 7) is 1.77. The highest BCUT2D eigenvalue weighted by Gasteiger charge is 2.05. The molecular weight excluding hydrogens is 204 g/mol. The summed E-state index contributed by atoms with van der Waals surface area (Å²) in [5.74, 6) is 0. The van der Waals surface area contributed by atoms with Gasteiger partial charge in [-0.05, 0) is 19.1 Å². The van der Waals surface area contributed by atoms with Gasteiger partial charge >= 0.3 is 0 Å². The van der Waals surface area contributed by atoms with Crippen molar-refractivity contribution in [1.29, 1.82) is 0 Å². The van der Waals surface area contributed by atoms with E-state index in [4.69, 9.17) is 0 Å². The Morgan fingerprint density at radius 3 is 2.56 bits per heavy atom. The van der Waals surface area contributed by atoms with Crippen LogP contribution >= 0.6 is 0 Å². The molecular formula is C12H10N2O2. The van der Waals surface area contributed by atoms with Gasteiger partial charge in [-0.2, -0.15) is 5.10 Å². The third-order valence-electron chi connectivity index (χ3n) is 2.25. The Balaban J connectivity index is 2.66. The van der Waals surface area contributed by atoms with Gasteiger partial charge in [0, 0.05) is 11.8 Å². The molecule has 0 aliphatic carbocycles. The van der Waals surface area contributed by atoms with E-state index in [1.807, 2.05) is 30.3 Å². The molecule has 0 spiro atoms. The summed E-state index contributed by atoms with van der Waals surface area (Å²) < 4.78 is 1.57. The van der Waals surface area contributed by atoms with Crippen molar-refractivity contribution in [3.05, 3.63) is 58.0 Å². The van der Waals surface area contributed by atoms with Crippen molar-refractivity contribution >= 4 is 6.29 Å². The van der Waals surface area contributed by atoms with Crippen LogP contribution in [0.25, 0.3) is 5.69 Å². The summed E-state index contributed by atoms with van der Waals surface area (Å²) in [5, 5.41) is 4.00. The molecule has 4 nitrogen and oxygen atoms in total. The average Bonchev–Trinajstić information content (AvgIpc) is 2.30. The summed E-state index contributed by atoms with van der Waals surface area (Å²) in [5.41, 5.74) is 1.10. The number of aryl methyl sites for hydroxylation is 1. The van der Waals surface area contributed by atoms with E-state index in [1.165, 1.54) is 6.07 Å².